The number of rotatable bonds is 6. The Labute approximate surface area is 150 Å². The van der Waals surface area contributed by atoms with E-state index in [2.05, 4.69) is 9.47 Å². The van der Waals surface area contributed by atoms with Gasteiger partial charge in [0.25, 0.3) is 0 Å². The molecule has 0 spiro atoms. The maximum Gasteiger partial charge on any atom is 0.437 e. The van der Waals surface area contributed by atoms with E-state index in [0.29, 0.717) is 12.1 Å². The average Bonchev–Trinajstić information content (AvgIpc) is 2.54. The third kappa shape index (κ3) is 5.26. The minimum atomic E-state index is -6.41. The molecular weight excluding hydrogens is 419 g/mol. The van der Waals surface area contributed by atoms with E-state index in [1.807, 2.05) is 0 Å². The van der Waals surface area contributed by atoms with Gasteiger partial charge in [0, 0.05) is 5.56 Å². The fourth-order valence-corrected chi connectivity index (χ4v) is 1.72. The molecule has 0 aliphatic heterocycles. The van der Waals surface area contributed by atoms with E-state index in [1.165, 1.54) is 0 Å². The molecule has 0 aliphatic carbocycles. The van der Waals surface area contributed by atoms with Crippen molar-refractivity contribution in [1.29, 1.82) is 0 Å². The Balaban J connectivity index is 2.63. The number of carbonyl (C=O) groups is 1. The normalized spacial score (nSPS) is 14.7. The van der Waals surface area contributed by atoms with Crippen molar-refractivity contribution in [2.75, 3.05) is 13.2 Å². The minimum absolute atomic E-state index is 0.221. The largest absolute Gasteiger partial charge is 0.461 e. The van der Waals surface area contributed by atoms with Gasteiger partial charge in [-0.05, 0) is 12.1 Å². The summed E-state index contributed by atoms with van der Waals surface area (Å²) in [5.41, 5.74) is -7.02. The summed E-state index contributed by atoms with van der Waals surface area (Å²) in [6.07, 6.45) is -19.4. The Bertz CT molecular complexity index is 650. The van der Waals surface area contributed by atoms with E-state index in [9.17, 15) is 49.4 Å². The Morgan fingerprint density at radius 1 is 0.893 bits per heavy atom. The van der Waals surface area contributed by atoms with Gasteiger partial charge in [0.05, 0.1) is 12.2 Å². The van der Waals surface area contributed by atoms with Crippen molar-refractivity contribution in [3.05, 3.63) is 35.4 Å². The van der Waals surface area contributed by atoms with Gasteiger partial charge in [0.1, 0.15) is 6.61 Å². The molecule has 0 saturated carbocycles. The van der Waals surface area contributed by atoms with Crippen molar-refractivity contribution in [3.63, 3.8) is 0 Å². The Hall–Kier alpha value is -2.06. The Morgan fingerprint density at radius 3 is 1.75 bits per heavy atom. The maximum atomic E-state index is 12.4. The number of carbonyl (C=O) groups excluding carboxylic acids is 1. The molecule has 5 nitrogen and oxygen atoms in total. The standard InChI is InChI=1S/C14H11F9O5/c15-12(16,17)8-3-1-7(2-4-8)9(24)27-5-6-28-10(25)11(26,13(18,19)20)14(21,22)23/h1-4,9,24,26H,5-6H2. The second-order valence-corrected chi connectivity index (χ2v) is 5.18. The highest BCUT2D eigenvalue weighted by Crippen LogP contribution is 2.43. The number of aliphatic hydroxyl groups excluding tert-OH is 1. The van der Waals surface area contributed by atoms with Gasteiger partial charge < -0.3 is 19.7 Å². The fourth-order valence-electron chi connectivity index (χ4n) is 1.72. The number of hydrogen-bond donors (Lipinski definition) is 2. The summed E-state index contributed by atoms with van der Waals surface area (Å²) in [4.78, 5) is 11.1. The van der Waals surface area contributed by atoms with Crippen LogP contribution in [0.5, 0.6) is 0 Å². The molecule has 0 radical (unpaired) electrons. The molecule has 1 atom stereocenters. The first kappa shape index (κ1) is 24.0. The molecule has 14 heteroatoms. The lowest BCUT2D eigenvalue weighted by molar-refractivity contribution is -0.357. The Kier molecular flexibility index (Phi) is 6.96. The molecule has 28 heavy (non-hydrogen) atoms. The van der Waals surface area contributed by atoms with E-state index in [4.69, 9.17) is 5.11 Å². The summed E-state index contributed by atoms with van der Waals surface area (Å²) in [5.74, 6) is -3.06. The van der Waals surface area contributed by atoms with Crippen molar-refractivity contribution in [2.45, 2.75) is 30.4 Å². The quantitative estimate of drug-likeness (QED) is 0.314. The fraction of sp³-hybridized carbons (Fsp3) is 0.500. The third-order valence-corrected chi connectivity index (χ3v) is 3.23. The van der Waals surface area contributed by atoms with Crippen LogP contribution in [0.1, 0.15) is 17.4 Å². The minimum Gasteiger partial charge on any atom is -0.461 e. The van der Waals surface area contributed by atoms with Gasteiger partial charge >= 0.3 is 30.1 Å². The second kappa shape index (κ2) is 8.13. The van der Waals surface area contributed by atoms with E-state index in [-0.39, 0.29) is 5.56 Å². The van der Waals surface area contributed by atoms with Crippen LogP contribution in [0.15, 0.2) is 24.3 Å². The molecule has 160 valence electrons. The SMILES string of the molecule is O=C(OCCOC(O)c1ccc(C(F)(F)F)cc1)C(O)(C(F)(F)F)C(F)(F)F. The monoisotopic (exact) mass is 430 g/mol. The van der Waals surface area contributed by atoms with Gasteiger partial charge in [-0.25, -0.2) is 4.79 Å². The Morgan fingerprint density at radius 2 is 1.36 bits per heavy atom. The molecule has 0 amide bonds. The lowest BCUT2D eigenvalue weighted by atomic mass is 10.0. The van der Waals surface area contributed by atoms with Crippen LogP contribution in [0.4, 0.5) is 39.5 Å². The number of benzene rings is 1. The number of hydrogen-bond acceptors (Lipinski definition) is 5. The van der Waals surface area contributed by atoms with Crippen LogP contribution >= 0.6 is 0 Å². The summed E-state index contributed by atoms with van der Waals surface area (Å²) in [6.45, 7) is -2.16. The predicted molar refractivity (Wildman–Crippen MR) is 70.4 cm³/mol. The highest BCUT2D eigenvalue weighted by atomic mass is 19.4. The number of ether oxygens (including phenoxy) is 2. The van der Waals surface area contributed by atoms with Crippen LogP contribution in [-0.2, 0) is 20.4 Å². The van der Waals surface area contributed by atoms with Gasteiger partial charge in [0.2, 0.25) is 0 Å². The molecular formula is C14H11F9O5. The molecule has 0 fully saturated rings. The maximum absolute atomic E-state index is 12.4. The predicted octanol–water partition coefficient (Wildman–Crippen LogP) is 3.11. The average molecular weight is 430 g/mol. The van der Waals surface area contributed by atoms with Crippen LogP contribution in [0, 0.1) is 0 Å². The van der Waals surface area contributed by atoms with Gasteiger partial charge in [-0.15, -0.1) is 0 Å². The molecule has 0 aromatic heterocycles. The zero-order valence-electron chi connectivity index (χ0n) is 13.3. The van der Waals surface area contributed by atoms with Crippen LogP contribution < -0.4 is 0 Å². The van der Waals surface area contributed by atoms with Gasteiger partial charge in [-0.1, -0.05) is 12.1 Å². The van der Waals surface area contributed by atoms with E-state index >= 15 is 0 Å². The highest BCUT2D eigenvalue weighted by molar-refractivity contribution is 5.81. The summed E-state index contributed by atoms with van der Waals surface area (Å²) >= 11 is 0. The van der Waals surface area contributed by atoms with Crippen LogP contribution in [-0.4, -0.2) is 47.3 Å². The van der Waals surface area contributed by atoms with E-state index in [1.54, 1.807) is 0 Å². The van der Waals surface area contributed by atoms with Crippen LogP contribution in [0.3, 0.4) is 0 Å². The van der Waals surface area contributed by atoms with Gasteiger partial charge in [-0.3, -0.25) is 0 Å². The second-order valence-electron chi connectivity index (χ2n) is 5.18. The molecule has 0 heterocycles. The number of alkyl halides is 9. The molecule has 1 aromatic rings. The smallest absolute Gasteiger partial charge is 0.437 e. The van der Waals surface area contributed by atoms with Crippen molar-refractivity contribution in [3.8, 4) is 0 Å². The summed E-state index contributed by atoms with van der Waals surface area (Å²) in [5, 5.41) is 18.3. The molecule has 0 bridgehead atoms. The lowest BCUT2D eigenvalue weighted by Gasteiger charge is -2.29. The molecule has 0 saturated heterocycles. The van der Waals surface area contributed by atoms with Crippen LogP contribution in [0.2, 0.25) is 0 Å². The van der Waals surface area contributed by atoms with Gasteiger partial charge in [-0.2, -0.15) is 39.5 Å². The van der Waals surface area contributed by atoms with Gasteiger partial charge in [0.15, 0.2) is 6.29 Å². The highest BCUT2D eigenvalue weighted by Gasteiger charge is 2.76. The van der Waals surface area contributed by atoms with E-state index < -0.39 is 55.2 Å². The van der Waals surface area contributed by atoms with Crippen molar-refractivity contribution >= 4 is 5.97 Å². The summed E-state index contributed by atoms with van der Waals surface area (Å²) in [6, 6.07) is 2.81. The van der Waals surface area contributed by atoms with Crippen molar-refractivity contribution in [1.82, 2.24) is 0 Å². The number of halogens is 9. The topological polar surface area (TPSA) is 76.0 Å². The first-order valence-electron chi connectivity index (χ1n) is 7.01. The third-order valence-electron chi connectivity index (χ3n) is 3.23. The molecule has 1 rings (SSSR count). The lowest BCUT2D eigenvalue weighted by Crippen LogP contribution is -2.63. The first-order valence-corrected chi connectivity index (χ1v) is 7.01. The zero-order valence-corrected chi connectivity index (χ0v) is 13.3. The zero-order chi connectivity index (χ0) is 22.0. The van der Waals surface area contributed by atoms with E-state index in [0.717, 1.165) is 12.1 Å². The van der Waals surface area contributed by atoms with Crippen LogP contribution in [0.25, 0.3) is 0 Å². The number of aliphatic hydroxyl groups is 2. The summed E-state index contributed by atoms with van der Waals surface area (Å²) in [7, 11) is 0. The first-order chi connectivity index (χ1) is 12.5. The summed E-state index contributed by atoms with van der Waals surface area (Å²) < 4.78 is 120. The molecule has 0 aliphatic rings. The molecule has 1 aromatic carbocycles. The van der Waals surface area contributed by atoms with Crippen molar-refractivity contribution in [2.24, 2.45) is 0 Å². The van der Waals surface area contributed by atoms with Crippen molar-refractivity contribution < 1.29 is 64.0 Å². The molecule has 1 unspecified atom stereocenters. The number of esters is 1. The molecule has 2 N–H and O–H groups in total.